The number of benzene rings is 1. The lowest BCUT2D eigenvalue weighted by atomic mass is 9.90. The van der Waals surface area contributed by atoms with Crippen molar-refractivity contribution in [3.05, 3.63) is 64.9 Å². The first-order chi connectivity index (χ1) is 13.0. The lowest BCUT2D eigenvalue weighted by molar-refractivity contribution is 0.0932. The van der Waals surface area contributed by atoms with E-state index >= 15 is 0 Å². The van der Waals surface area contributed by atoms with Crippen LogP contribution in [-0.2, 0) is 13.5 Å². The van der Waals surface area contributed by atoms with Crippen LogP contribution in [0.1, 0.15) is 52.0 Å². The Kier molecular flexibility index (Phi) is 4.48. The summed E-state index contributed by atoms with van der Waals surface area (Å²) in [5.74, 6) is 0.503. The van der Waals surface area contributed by atoms with Gasteiger partial charge >= 0.3 is 0 Å². The topological polar surface area (TPSA) is 72.7 Å². The number of amides is 1. The molecule has 0 saturated carbocycles. The molecule has 4 rings (SSSR count). The molecule has 1 unspecified atom stereocenters. The van der Waals surface area contributed by atoms with E-state index in [1.807, 2.05) is 55.9 Å². The summed E-state index contributed by atoms with van der Waals surface area (Å²) in [6.45, 7) is 3.84. The summed E-state index contributed by atoms with van der Waals surface area (Å²) < 4.78 is 1.94. The highest BCUT2D eigenvalue weighted by Gasteiger charge is 2.28. The van der Waals surface area contributed by atoms with Gasteiger partial charge < -0.3 is 5.32 Å². The number of rotatable bonds is 3. The molecule has 1 aliphatic rings. The zero-order chi connectivity index (χ0) is 19.0. The number of nitrogens with one attached hydrogen (secondary N) is 1. The van der Waals surface area contributed by atoms with Crippen molar-refractivity contribution in [1.82, 2.24) is 25.1 Å². The molecule has 0 saturated heterocycles. The summed E-state index contributed by atoms with van der Waals surface area (Å²) in [6.07, 6.45) is 4.58. The zero-order valence-corrected chi connectivity index (χ0v) is 15.9. The fraction of sp³-hybridized carbons (Fsp3) is 0.333. The molecule has 1 atom stereocenters. The fourth-order valence-corrected chi connectivity index (χ4v) is 3.92. The Hall–Kier alpha value is -3.02. The van der Waals surface area contributed by atoms with Crippen LogP contribution < -0.4 is 5.32 Å². The minimum atomic E-state index is -0.144. The third-order valence-electron chi connectivity index (χ3n) is 5.15. The van der Waals surface area contributed by atoms with E-state index in [0.29, 0.717) is 17.1 Å². The van der Waals surface area contributed by atoms with Gasteiger partial charge in [0.05, 0.1) is 23.0 Å². The summed E-state index contributed by atoms with van der Waals surface area (Å²) >= 11 is 0. The van der Waals surface area contributed by atoms with E-state index < -0.39 is 0 Å². The van der Waals surface area contributed by atoms with E-state index in [4.69, 9.17) is 0 Å². The molecule has 1 aliphatic carbocycles. The Morgan fingerprint density at radius 2 is 2.00 bits per heavy atom. The second-order valence-corrected chi connectivity index (χ2v) is 7.03. The second-order valence-electron chi connectivity index (χ2n) is 7.03. The van der Waals surface area contributed by atoms with Crippen LogP contribution in [0.15, 0.2) is 36.5 Å². The van der Waals surface area contributed by atoms with Crippen LogP contribution in [0.25, 0.3) is 11.3 Å². The van der Waals surface area contributed by atoms with Gasteiger partial charge in [-0.15, -0.1) is 0 Å². The fourth-order valence-electron chi connectivity index (χ4n) is 3.92. The van der Waals surface area contributed by atoms with Gasteiger partial charge in [0.25, 0.3) is 5.91 Å². The number of hydrogen-bond acceptors (Lipinski definition) is 4. The molecule has 0 bridgehead atoms. The van der Waals surface area contributed by atoms with Gasteiger partial charge in [0.15, 0.2) is 0 Å². The van der Waals surface area contributed by atoms with Crippen LogP contribution in [0.2, 0.25) is 0 Å². The maximum Gasteiger partial charge on any atom is 0.255 e. The molecular weight excluding hydrogens is 338 g/mol. The molecule has 2 heterocycles. The van der Waals surface area contributed by atoms with Crippen molar-refractivity contribution >= 4 is 5.91 Å². The van der Waals surface area contributed by atoms with Crippen LogP contribution in [0.4, 0.5) is 0 Å². The van der Waals surface area contributed by atoms with Crippen molar-refractivity contribution in [3.63, 3.8) is 0 Å². The summed E-state index contributed by atoms with van der Waals surface area (Å²) in [5.41, 5.74) is 5.44. The molecule has 0 radical (unpaired) electrons. The molecule has 1 N–H and O–H groups in total. The number of aryl methyl sites for hydroxylation is 3. The average Bonchev–Trinajstić information content (AvgIpc) is 2.97. The number of carbonyl (C=O) groups is 1. The van der Waals surface area contributed by atoms with Crippen molar-refractivity contribution in [3.8, 4) is 11.3 Å². The van der Waals surface area contributed by atoms with Crippen LogP contribution in [0.5, 0.6) is 0 Å². The molecule has 1 aromatic carbocycles. The third kappa shape index (κ3) is 3.23. The van der Waals surface area contributed by atoms with E-state index in [2.05, 4.69) is 20.4 Å². The maximum atomic E-state index is 13.1. The quantitative estimate of drug-likeness (QED) is 0.777. The average molecular weight is 361 g/mol. The predicted octanol–water partition coefficient (Wildman–Crippen LogP) is 3.30. The summed E-state index contributed by atoms with van der Waals surface area (Å²) in [5, 5.41) is 7.74. The van der Waals surface area contributed by atoms with Crippen molar-refractivity contribution in [2.75, 3.05) is 0 Å². The molecule has 0 spiro atoms. The Morgan fingerprint density at radius 1 is 1.22 bits per heavy atom. The number of fused-ring (bicyclic) bond motifs is 1. The lowest BCUT2D eigenvalue weighted by Gasteiger charge is -2.25. The smallest absolute Gasteiger partial charge is 0.255 e. The Morgan fingerprint density at radius 3 is 2.78 bits per heavy atom. The van der Waals surface area contributed by atoms with E-state index in [0.717, 1.165) is 36.1 Å². The third-order valence-corrected chi connectivity index (χ3v) is 5.15. The molecule has 2 aromatic heterocycles. The van der Waals surface area contributed by atoms with Crippen LogP contribution in [0.3, 0.4) is 0 Å². The van der Waals surface area contributed by atoms with E-state index in [1.54, 1.807) is 6.20 Å². The molecule has 3 aromatic rings. The first-order valence-electron chi connectivity index (χ1n) is 9.27. The van der Waals surface area contributed by atoms with Crippen molar-refractivity contribution in [2.24, 2.45) is 7.05 Å². The summed E-state index contributed by atoms with van der Waals surface area (Å²) in [7, 11) is 1.97. The lowest BCUT2D eigenvalue weighted by Crippen LogP contribution is -2.32. The van der Waals surface area contributed by atoms with E-state index in [9.17, 15) is 4.79 Å². The second kappa shape index (κ2) is 6.95. The zero-order valence-electron chi connectivity index (χ0n) is 15.9. The van der Waals surface area contributed by atoms with Crippen LogP contribution in [0, 0.1) is 13.8 Å². The van der Waals surface area contributed by atoms with Gasteiger partial charge in [-0.2, -0.15) is 5.10 Å². The van der Waals surface area contributed by atoms with E-state index in [1.165, 1.54) is 5.69 Å². The standard InChI is InChI=1S/C21H23N5O/c1-13-19-17(10-7-11-18(19)26(3)25-13)24-21(27)16-12-22-14(2)23-20(16)15-8-5-4-6-9-15/h4-6,8-9,12,17H,7,10-11H2,1-3H3,(H,24,27). The van der Waals surface area contributed by atoms with Gasteiger partial charge in [-0.05, 0) is 33.1 Å². The minimum absolute atomic E-state index is 0.0279. The molecular formula is C21H23N5O. The highest BCUT2D eigenvalue weighted by Crippen LogP contribution is 2.32. The normalized spacial score (nSPS) is 16.0. The SMILES string of the molecule is Cc1ncc(C(=O)NC2CCCc3c2c(C)nn3C)c(-c2ccccc2)n1. The highest BCUT2D eigenvalue weighted by atomic mass is 16.1. The number of aromatic nitrogens is 4. The maximum absolute atomic E-state index is 13.1. The highest BCUT2D eigenvalue weighted by molar-refractivity contribution is 5.99. The summed E-state index contributed by atoms with van der Waals surface area (Å²) in [6, 6.07) is 9.73. The number of hydrogen-bond donors (Lipinski definition) is 1. The first-order valence-corrected chi connectivity index (χ1v) is 9.27. The van der Waals surface area contributed by atoms with Crippen LogP contribution >= 0.6 is 0 Å². The van der Waals surface area contributed by atoms with Gasteiger partial charge in [0.1, 0.15) is 5.82 Å². The van der Waals surface area contributed by atoms with Gasteiger partial charge in [-0.3, -0.25) is 9.48 Å². The van der Waals surface area contributed by atoms with Crippen LogP contribution in [-0.4, -0.2) is 25.7 Å². The molecule has 1 amide bonds. The largest absolute Gasteiger partial charge is 0.345 e. The minimum Gasteiger partial charge on any atom is -0.345 e. The Labute approximate surface area is 158 Å². The molecule has 6 nitrogen and oxygen atoms in total. The number of nitrogens with zero attached hydrogens (tertiary/aromatic N) is 4. The van der Waals surface area contributed by atoms with Crippen molar-refractivity contribution in [2.45, 2.75) is 39.2 Å². The number of carbonyl (C=O) groups excluding carboxylic acids is 1. The Bertz CT molecular complexity index is 993. The molecule has 0 aliphatic heterocycles. The molecule has 6 heteroatoms. The van der Waals surface area contributed by atoms with Gasteiger partial charge in [0.2, 0.25) is 0 Å². The predicted molar refractivity (Wildman–Crippen MR) is 103 cm³/mol. The Balaban J connectivity index is 1.68. The first kappa shape index (κ1) is 17.4. The van der Waals surface area contributed by atoms with Crippen molar-refractivity contribution < 1.29 is 4.79 Å². The van der Waals surface area contributed by atoms with Gasteiger partial charge in [-0.25, -0.2) is 9.97 Å². The van der Waals surface area contributed by atoms with Gasteiger partial charge in [0, 0.05) is 30.1 Å². The van der Waals surface area contributed by atoms with Gasteiger partial charge in [-0.1, -0.05) is 30.3 Å². The monoisotopic (exact) mass is 361 g/mol. The van der Waals surface area contributed by atoms with Crippen molar-refractivity contribution in [1.29, 1.82) is 0 Å². The molecule has 27 heavy (non-hydrogen) atoms. The molecule has 0 fully saturated rings. The summed E-state index contributed by atoms with van der Waals surface area (Å²) in [4.78, 5) is 21.9. The van der Waals surface area contributed by atoms with E-state index in [-0.39, 0.29) is 11.9 Å². The molecule has 138 valence electrons.